The van der Waals surface area contributed by atoms with E-state index in [2.05, 4.69) is 21.2 Å². The lowest BCUT2D eigenvalue weighted by molar-refractivity contribution is -0.120. The Bertz CT molecular complexity index is 384. The van der Waals surface area contributed by atoms with Crippen LogP contribution in [0.15, 0.2) is 28.7 Å². The van der Waals surface area contributed by atoms with Crippen molar-refractivity contribution in [2.75, 3.05) is 5.32 Å². The Kier molecular flexibility index (Phi) is 4.60. The van der Waals surface area contributed by atoms with Crippen molar-refractivity contribution in [3.05, 3.63) is 28.7 Å². The lowest BCUT2D eigenvalue weighted by Crippen LogP contribution is -2.22. The maximum atomic E-state index is 12.1. The van der Waals surface area contributed by atoms with E-state index in [4.69, 9.17) is 0 Å². The van der Waals surface area contributed by atoms with Gasteiger partial charge in [0.15, 0.2) is 0 Å². The van der Waals surface area contributed by atoms with Crippen molar-refractivity contribution < 1.29 is 4.79 Å². The quantitative estimate of drug-likeness (QED) is 0.807. The predicted octanol–water partition coefficient (Wildman–Crippen LogP) is 4.36. The number of rotatable bonds is 2. The van der Waals surface area contributed by atoms with Crippen LogP contribution in [0.1, 0.15) is 38.5 Å². The Labute approximate surface area is 111 Å². The van der Waals surface area contributed by atoms with Gasteiger partial charge < -0.3 is 5.32 Å². The van der Waals surface area contributed by atoms with Crippen molar-refractivity contribution in [2.45, 2.75) is 38.5 Å². The standard InChI is InChI=1S/C14H18BrNO/c15-12-8-5-9-13(10-12)16-14(17)11-6-3-1-2-4-7-11/h5,8-11H,1-4,6-7H2,(H,16,17). The highest BCUT2D eigenvalue weighted by atomic mass is 79.9. The van der Waals surface area contributed by atoms with E-state index in [9.17, 15) is 4.79 Å². The zero-order chi connectivity index (χ0) is 12.1. The molecule has 1 aromatic carbocycles. The van der Waals surface area contributed by atoms with Crippen molar-refractivity contribution in [3.63, 3.8) is 0 Å². The molecule has 92 valence electrons. The van der Waals surface area contributed by atoms with Gasteiger partial charge >= 0.3 is 0 Å². The van der Waals surface area contributed by atoms with Crippen molar-refractivity contribution in [1.29, 1.82) is 0 Å². The minimum absolute atomic E-state index is 0.185. The first-order chi connectivity index (χ1) is 8.25. The lowest BCUT2D eigenvalue weighted by atomic mass is 9.99. The third-order valence-corrected chi connectivity index (χ3v) is 3.81. The van der Waals surface area contributed by atoms with Crippen molar-refractivity contribution >= 4 is 27.5 Å². The molecule has 1 N–H and O–H groups in total. The second-order valence-electron chi connectivity index (χ2n) is 4.69. The van der Waals surface area contributed by atoms with Crippen LogP contribution in [0.25, 0.3) is 0 Å². The molecule has 0 aromatic heterocycles. The number of amides is 1. The minimum atomic E-state index is 0.185. The second-order valence-corrected chi connectivity index (χ2v) is 5.60. The molecule has 0 atom stereocenters. The van der Waals surface area contributed by atoms with Gasteiger partial charge in [-0.25, -0.2) is 0 Å². The SMILES string of the molecule is O=C(Nc1cccc(Br)c1)C1CCCCCC1. The topological polar surface area (TPSA) is 29.1 Å². The van der Waals surface area contributed by atoms with Gasteiger partial charge in [-0.3, -0.25) is 4.79 Å². The molecular formula is C14H18BrNO. The fourth-order valence-electron chi connectivity index (χ4n) is 2.35. The molecule has 0 radical (unpaired) electrons. The normalized spacial score (nSPS) is 17.5. The largest absolute Gasteiger partial charge is 0.326 e. The second kappa shape index (κ2) is 6.20. The van der Waals surface area contributed by atoms with Crippen LogP contribution in [-0.2, 0) is 4.79 Å². The monoisotopic (exact) mass is 295 g/mol. The first kappa shape index (κ1) is 12.6. The molecule has 1 aliphatic carbocycles. The molecule has 1 aliphatic rings. The van der Waals surface area contributed by atoms with E-state index in [0.29, 0.717) is 0 Å². The van der Waals surface area contributed by atoms with E-state index >= 15 is 0 Å². The van der Waals surface area contributed by atoms with Gasteiger partial charge in [0, 0.05) is 16.1 Å². The van der Waals surface area contributed by atoms with Crippen LogP contribution >= 0.6 is 15.9 Å². The van der Waals surface area contributed by atoms with E-state index in [-0.39, 0.29) is 11.8 Å². The molecule has 0 bridgehead atoms. The maximum absolute atomic E-state index is 12.1. The van der Waals surface area contributed by atoms with E-state index in [1.807, 2.05) is 24.3 Å². The number of anilines is 1. The summed E-state index contributed by atoms with van der Waals surface area (Å²) in [4.78, 5) is 12.1. The molecule has 3 heteroatoms. The van der Waals surface area contributed by atoms with Gasteiger partial charge in [0.2, 0.25) is 5.91 Å². The average Bonchev–Trinajstić information content (AvgIpc) is 2.57. The van der Waals surface area contributed by atoms with Crippen molar-refractivity contribution in [1.82, 2.24) is 0 Å². The minimum Gasteiger partial charge on any atom is -0.326 e. The summed E-state index contributed by atoms with van der Waals surface area (Å²) in [7, 11) is 0. The van der Waals surface area contributed by atoms with Crippen molar-refractivity contribution in [2.24, 2.45) is 5.92 Å². The highest BCUT2D eigenvalue weighted by Gasteiger charge is 2.19. The fraction of sp³-hybridized carbons (Fsp3) is 0.500. The van der Waals surface area contributed by atoms with E-state index < -0.39 is 0 Å². The van der Waals surface area contributed by atoms with Crippen LogP contribution in [0.4, 0.5) is 5.69 Å². The number of hydrogen-bond acceptors (Lipinski definition) is 1. The van der Waals surface area contributed by atoms with Crippen LogP contribution in [0.2, 0.25) is 0 Å². The summed E-state index contributed by atoms with van der Waals surface area (Å²) in [5.41, 5.74) is 0.883. The Morgan fingerprint density at radius 2 is 1.88 bits per heavy atom. The Morgan fingerprint density at radius 3 is 2.53 bits per heavy atom. The molecule has 1 aromatic rings. The van der Waals surface area contributed by atoms with E-state index in [1.54, 1.807) is 0 Å². The summed E-state index contributed by atoms with van der Waals surface area (Å²) in [6.45, 7) is 0. The van der Waals surface area contributed by atoms with Gasteiger partial charge in [-0.1, -0.05) is 47.7 Å². The Balaban J connectivity index is 1.95. The average molecular weight is 296 g/mol. The first-order valence-electron chi connectivity index (χ1n) is 6.32. The molecule has 0 heterocycles. The van der Waals surface area contributed by atoms with Crippen LogP contribution in [0.5, 0.6) is 0 Å². The summed E-state index contributed by atoms with van der Waals surface area (Å²) in [5.74, 6) is 0.390. The van der Waals surface area contributed by atoms with Crippen molar-refractivity contribution in [3.8, 4) is 0 Å². The number of benzene rings is 1. The molecule has 17 heavy (non-hydrogen) atoms. The molecule has 0 saturated heterocycles. The summed E-state index contributed by atoms with van der Waals surface area (Å²) in [6, 6.07) is 7.77. The number of carbonyl (C=O) groups is 1. The highest BCUT2D eigenvalue weighted by Crippen LogP contribution is 2.24. The Morgan fingerprint density at radius 1 is 1.18 bits per heavy atom. The van der Waals surface area contributed by atoms with Gasteiger partial charge in [0.1, 0.15) is 0 Å². The number of nitrogens with one attached hydrogen (secondary N) is 1. The third-order valence-electron chi connectivity index (χ3n) is 3.32. The van der Waals surface area contributed by atoms with Crippen LogP contribution < -0.4 is 5.32 Å². The highest BCUT2D eigenvalue weighted by molar-refractivity contribution is 9.10. The lowest BCUT2D eigenvalue weighted by Gasteiger charge is -2.14. The van der Waals surface area contributed by atoms with Gasteiger partial charge in [0.25, 0.3) is 0 Å². The molecule has 1 amide bonds. The molecule has 1 saturated carbocycles. The summed E-state index contributed by atoms with van der Waals surface area (Å²) in [5, 5.41) is 3.01. The van der Waals surface area contributed by atoms with Crippen LogP contribution in [0.3, 0.4) is 0 Å². The molecule has 2 rings (SSSR count). The third kappa shape index (κ3) is 3.84. The molecule has 0 unspecified atom stereocenters. The summed E-state index contributed by atoms with van der Waals surface area (Å²) in [6.07, 6.45) is 7.02. The molecular weight excluding hydrogens is 278 g/mol. The van der Waals surface area contributed by atoms with Gasteiger partial charge in [-0.05, 0) is 31.0 Å². The number of carbonyl (C=O) groups excluding carboxylic acids is 1. The van der Waals surface area contributed by atoms with E-state index in [1.165, 1.54) is 25.7 Å². The molecule has 0 aliphatic heterocycles. The molecule has 0 spiro atoms. The predicted molar refractivity (Wildman–Crippen MR) is 74.0 cm³/mol. The zero-order valence-corrected chi connectivity index (χ0v) is 11.5. The summed E-state index contributed by atoms with van der Waals surface area (Å²) >= 11 is 3.41. The molecule has 1 fully saturated rings. The van der Waals surface area contributed by atoms with E-state index in [0.717, 1.165) is 23.0 Å². The maximum Gasteiger partial charge on any atom is 0.227 e. The smallest absolute Gasteiger partial charge is 0.227 e. The van der Waals surface area contributed by atoms with Gasteiger partial charge in [-0.15, -0.1) is 0 Å². The van der Waals surface area contributed by atoms with Crippen LogP contribution in [0, 0.1) is 5.92 Å². The van der Waals surface area contributed by atoms with Gasteiger partial charge in [-0.2, -0.15) is 0 Å². The van der Waals surface area contributed by atoms with Gasteiger partial charge in [0.05, 0.1) is 0 Å². The van der Waals surface area contributed by atoms with Crippen LogP contribution in [-0.4, -0.2) is 5.91 Å². The summed E-state index contributed by atoms with van der Waals surface area (Å²) < 4.78 is 0.996. The number of hydrogen-bond donors (Lipinski definition) is 1. The zero-order valence-electron chi connectivity index (χ0n) is 9.92. The first-order valence-corrected chi connectivity index (χ1v) is 7.11. The number of halogens is 1. The Hall–Kier alpha value is -0.830. The molecule has 2 nitrogen and oxygen atoms in total. The fourth-order valence-corrected chi connectivity index (χ4v) is 2.75.